The van der Waals surface area contributed by atoms with E-state index in [1.807, 2.05) is 24.3 Å². The van der Waals surface area contributed by atoms with Gasteiger partial charge in [0.05, 0.1) is 14.2 Å². The molecule has 2 N–H and O–H groups in total. The van der Waals surface area contributed by atoms with E-state index in [1.54, 1.807) is 14.2 Å². The average Bonchev–Trinajstić information content (AvgIpc) is 3.01. The van der Waals surface area contributed by atoms with E-state index in [2.05, 4.69) is 34.7 Å². The minimum atomic E-state index is 0.801. The fourth-order valence-corrected chi connectivity index (χ4v) is 2.79. The third-order valence-electron chi connectivity index (χ3n) is 4.05. The lowest BCUT2D eigenvalue weighted by molar-refractivity contribution is 0.408. The zero-order valence-corrected chi connectivity index (χ0v) is 13.6. The minimum Gasteiger partial charge on any atom is -0.497 e. The summed E-state index contributed by atoms with van der Waals surface area (Å²) < 4.78 is 10.7. The highest BCUT2D eigenvalue weighted by molar-refractivity contribution is 5.84. The van der Waals surface area contributed by atoms with E-state index in [-0.39, 0.29) is 0 Å². The van der Waals surface area contributed by atoms with Crippen molar-refractivity contribution in [2.24, 2.45) is 0 Å². The number of fused-ring (bicyclic) bond motifs is 1. The van der Waals surface area contributed by atoms with Crippen LogP contribution in [0.25, 0.3) is 10.9 Å². The van der Waals surface area contributed by atoms with Gasteiger partial charge in [-0.25, -0.2) is 0 Å². The van der Waals surface area contributed by atoms with Gasteiger partial charge in [0.25, 0.3) is 0 Å². The molecule has 2 aromatic carbocycles. The molecule has 0 radical (unpaired) electrons. The Morgan fingerprint density at radius 2 is 1.87 bits per heavy atom. The lowest BCUT2D eigenvalue weighted by Crippen LogP contribution is -2.17. The molecule has 0 fully saturated rings. The highest BCUT2D eigenvalue weighted by Gasteiger charge is 2.05. The first-order valence-electron chi connectivity index (χ1n) is 7.78. The van der Waals surface area contributed by atoms with Crippen LogP contribution in [0.4, 0.5) is 0 Å². The van der Waals surface area contributed by atoms with Gasteiger partial charge in [0.15, 0.2) is 0 Å². The van der Waals surface area contributed by atoms with Crippen LogP contribution in [0.1, 0.15) is 11.1 Å². The lowest BCUT2D eigenvalue weighted by Gasteiger charge is -2.09. The largest absolute Gasteiger partial charge is 0.497 e. The van der Waals surface area contributed by atoms with E-state index in [0.717, 1.165) is 36.5 Å². The van der Waals surface area contributed by atoms with Crippen LogP contribution in [0.2, 0.25) is 0 Å². The Kier molecular flexibility index (Phi) is 4.83. The van der Waals surface area contributed by atoms with Gasteiger partial charge in [-0.05, 0) is 42.8 Å². The summed E-state index contributed by atoms with van der Waals surface area (Å²) in [7, 11) is 3.40. The molecule has 3 aromatic rings. The van der Waals surface area contributed by atoms with Crippen molar-refractivity contribution in [3.8, 4) is 11.5 Å². The van der Waals surface area contributed by atoms with Crippen LogP contribution in [0.3, 0.4) is 0 Å². The van der Waals surface area contributed by atoms with E-state index < -0.39 is 0 Å². The summed E-state index contributed by atoms with van der Waals surface area (Å²) in [5, 5.41) is 4.71. The zero-order chi connectivity index (χ0) is 16.1. The number of rotatable bonds is 7. The summed E-state index contributed by atoms with van der Waals surface area (Å²) in [6.45, 7) is 1.71. The molecule has 0 spiro atoms. The highest BCUT2D eigenvalue weighted by Crippen LogP contribution is 2.24. The van der Waals surface area contributed by atoms with Crippen molar-refractivity contribution < 1.29 is 9.47 Å². The van der Waals surface area contributed by atoms with Crippen molar-refractivity contribution in [3.63, 3.8) is 0 Å². The Hall–Kier alpha value is -2.46. The van der Waals surface area contributed by atoms with Gasteiger partial charge in [-0.2, -0.15) is 0 Å². The Morgan fingerprint density at radius 3 is 2.70 bits per heavy atom. The fraction of sp³-hybridized carbons (Fsp3) is 0.263. The second-order valence-electron chi connectivity index (χ2n) is 5.46. The molecule has 3 rings (SSSR count). The number of hydrogen-bond acceptors (Lipinski definition) is 3. The topological polar surface area (TPSA) is 46.3 Å². The number of nitrogens with one attached hydrogen (secondary N) is 2. The van der Waals surface area contributed by atoms with Crippen molar-refractivity contribution in [2.45, 2.75) is 13.0 Å². The molecular weight excluding hydrogens is 288 g/mol. The van der Waals surface area contributed by atoms with E-state index in [0.29, 0.717) is 0 Å². The summed E-state index contributed by atoms with van der Waals surface area (Å²) in [4.78, 5) is 3.31. The Balaban J connectivity index is 1.60. The summed E-state index contributed by atoms with van der Waals surface area (Å²) in [6.07, 6.45) is 3.04. The van der Waals surface area contributed by atoms with Gasteiger partial charge in [0.2, 0.25) is 0 Å². The van der Waals surface area contributed by atoms with Gasteiger partial charge < -0.3 is 19.8 Å². The Morgan fingerprint density at radius 1 is 1.00 bits per heavy atom. The third kappa shape index (κ3) is 3.48. The summed E-state index contributed by atoms with van der Waals surface area (Å²) >= 11 is 0. The Bertz CT molecular complexity index is 780. The van der Waals surface area contributed by atoms with Crippen molar-refractivity contribution in [2.75, 3.05) is 20.8 Å². The summed E-state index contributed by atoms with van der Waals surface area (Å²) in [5.74, 6) is 1.82. The zero-order valence-electron chi connectivity index (χ0n) is 13.6. The predicted molar refractivity (Wildman–Crippen MR) is 93.3 cm³/mol. The van der Waals surface area contributed by atoms with Gasteiger partial charge in [-0.15, -0.1) is 0 Å². The van der Waals surface area contributed by atoms with Gasteiger partial charge in [0.1, 0.15) is 11.5 Å². The van der Waals surface area contributed by atoms with Crippen LogP contribution in [-0.2, 0) is 13.0 Å². The molecule has 0 saturated carbocycles. The molecule has 0 unspecified atom stereocenters. The quantitative estimate of drug-likeness (QED) is 0.656. The molecule has 0 aliphatic rings. The molecule has 4 heteroatoms. The number of aromatic nitrogens is 1. The molecule has 0 aliphatic heterocycles. The fourth-order valence-electron chi connectivity index (χ4n) is 2.79. The average molecular weight is 310 g/mol. The number of benzene rings is 2. The van der Waals surface area contributed by atoms with Gasteiger partial charge >= 0.3 is 0 Å². The van der Waals surface area contributed by atoms with Gasteiger partial charge in [-0.1, -0.05) is 18.2 Å². The molecule has 4 nitrogen and oxygen atoms in total. The first-order valence-corrected chi connectivity index (χ1v) is 7.78. The molecule has 0 bridgehead atoms. The van der Waals surface area contributed by atoms with Crippen LogP contribution in [0, 0.1) is 0 Å². The van der Waals surface area contributed by atoms with E-state index in [9.17, 15) is 0 Å². The standard InChI is InChI=1S/C19H22N2O2/c1-22-16-7-8-18-17(11-16)14(13-21-18)9-10-20-12-15-5-3-4-6-19(15)23-2/h3-8,11,13,20-21H,9-10,12H2,1-2H3. The minimum absolute atomic E-state index is 0.801. The first-order chi connectivity index (χ1) is 11.3. The monoisotopic (exact) mass is 310 g/mol. The molecule has 1 aromatic heterocycles. The van der Waals surface area contributed by atoms with Crippen molar-refractivity contribution >= 4 is 10.9 Å². The predicted octanol–water partition coefficient (Wildman–Crippen LogP) is 3.52. The molecule has 0 atom stereocenters. The molecule has 1 heterocycles. The van der Waals surface area contributed by atoms with Crippen molar-refractivity contribution in [1.82, 2.24) is 10.3 Å². The van der Waals surface area contributed by atoms with Crippen LogP contribution in [-0.4, -0.2) is 25.7 Å². The number of H-pyrrole nitrogens is 1. The molecule has 0 amide bonds. The first kappa shape index (κ1) is 15.4. The lowest BCUT2D eigenvalue weighted by atomic mass is 10.1. The molecule has 0 aliphatic carbocycles. The maximum Gasteiger partial charge on any atom is 0.123 e. The van der Waals surface area contributed by atoms with Crippen LogP contribution >= 0.6 is 0 Å². The SMILES string of the molecule is COc1ccc2[nH]cc(CCNCc3ccccc3OC)c2c1. The van der Waals surface area contributed by atoms with Crippen LogP contribution in [0.5, 0.6) is 11.5 Å². The second kappa shape index (κ2) is 7.20. The van der Waals surface area contributed by atoms with Gasteiger partial charge in [-0.3, -0.25) is 0 Å². The molecular formula is C19H22N2O2. The van der Waals surface area contributed by atoms with E-state index in [1.165, 1.54) is 16.5 Å². The smallest absolute Gasteiger partial charge is 0.123 e. The third-order valence-corrected chi connectivity index (χ3v) is 4.05. The number of para-hydroxylation sites is 1. The second-order valence-corrected chi connectivity index (χ2v) is 5.46. The normalized spacial score (nSPS) is 10.9. The van der Waals surface area contributed by atoms with Crippen molar-refractivity contribution in [1.29, 1.82) is 0 Å². The maximum absolute atomic E-state index is 5.37. The van der Waals surface area contributed by atoms with E-state index >= 15 is 0 Å². The van der Waals surface area contributed by atoms with Crippen LogP contribution in [0.15, 0.2) is 48.7 Å². The summed E-state index contributed by atoms with van der Waals surface area (Å²) in [6, 6.07) is 14.2. The van der Waals surface area contributed by atoms with E-state index in [4.69, 9.17) is 9.47 Å². The highest BCUT2D eigenvalue weighted by atomic mass is 16.5. The number of ether oxygens (including phenoxy) is 2. The number of methoxy groups -OCH3 is 2. The summed E-state index contributed by atoms with van der Waals surface area (Å²) in [5.41, 5.74) is 3.62. The van der Waals surface area contributed by atoms with Gasteiger partial charge in [0, 0.05) is 29.2 Å². The molecule has 23 heavy (non-hydrogen) atoms. The Labute approximate surface area is 136 Å². The number of hydrogen-bond donors (Lipinski definition) is 2. The van der Waals surface area contributed by atoms with Crippen LogP contribution < -0.4 is 14.8 Å². The van der Waals surface area contributed by atoms with Crippen molar-refractivity contribution in [3.05, 3.63) is 59.8 Å². The molecule has 120 valence electrons. The molecule has 0 saturated heterocycles. The number of aromatic amines is 1. The maximum atomic E-state index is 5.37.